The maximum absolute atomic E-state index is 12.2. The summed E-state index contributed by atoms with van der Waals surface area (Å²) >= 11 is 0. The molecule has 0 radical (unpaired) electrons. The molecule has 94 valence electrons. The minimum absolute atomic E-state index is 0.0468. The smallest absolute Gasteiger partial charge is 0.257 e. The molecule has 0 aliphatic heterocycles. The standard InChI is InChI=1S/C13H16N4O/c1-2-17(13(18)11-7-15-16-8-11)9-10-5-3-4-6-12(10)14/h3-8H,2,9,14H2,1H3,(H,15,16). The fraction of sp³-hybridized carbons (Fsp3) is 0.231. The predicted molar refractivity (Wildman–Crippen MR) is 69.9 cm³/mol. The molecule has 1 amide bonds. The molecule has 1 aromatic carbocycles. The summed E-state index contributed by atoms with van der Waals surface area (Å²) in [5.74, 6) is -0.0468. The third-order valence-corrected chi connectivity index (χ3v) is 2.83. The number of benzene rings is 1. The number of hydrogen-bond donors (Lipinski definition) is 2. The lowest BCUT2D eigenvalue weighted by Gasteiger charge is -2.21. The molecular weight excluding hydrogens is 228 g/mol. The van der Waals surface area contributed by atoms with Crippen LogP contribution >= 0.6 is 0 Å². The number of carbonyl (C=O) groups is 1. The van der Waals surface area contributed by atoms with Gasteiger partial charge in [0.25, 0.3) is 5.91 Å². The lowest BCUT2D eigenvalue weighted by Crippen LogP contribution is -2.30. The fourth-order valence-electron chi connectivity index (χ4n) is 1.76. The van der Waals surface area contributed by atoms with Crippen LogP contribution in [0.4, 0.5) is 5.69 Å². The van der Waals surface area contributed by atoms with Crippen molar-refractivity contribution in [2.24, 2.45) is 0 Å². The van der Waals surface area contributed by atoms with Gasteiger partial charge in [-0.05, 0) is 18.6 Å². The molecule has 5 nitrogen and oxygen atoms in total. The molecule has 2 rings (SSSR count). The largest absolute Gasteiger partial charge is 0.398 e. The SMILES string of the molecule is CCN(Cc1ccccc1N)C(=O)c1cn[nH]c1. The molecule has 5 heteroatoms. The van der Waals surface area contributed by atoms with Gasteiger partial charge in [0.2, 0.25) is 0 Å². The van der Waals surface area contributed by atoms with Gasteiger partial charge in [-0.25, -0.2) is 0 Å². The van der Waals surface area contributed by atoms with Crippen LogP contribution in [0.15, 0.2) is 36.7 Å². The number of nitrogens with zero attached hydrogens (tertiary/aromatic N) is 2. The van der Waals surface area contributed by atoms with E-state index in [1.54, 1.807) is 11.1 Å². The first-order valence-electron chi connectivity index (χ1n) is 5.83. The molecule has 0 aliphatic rings. The molecule has 0 bridgehead atoms. The highest BCUT2D eigenvalue weighted by Gasteiger charge is 2.16. The topological polar surface area (TPSA) is 75.0 Å². The van der Waals surface area contributed by atoms with Crippen LogP contribution in [0.3, 0.4) is 0 Å². The second-order valence-electron chi connectivity index (χ2n) is 4.01. The van der Waals surface area contributed by atoms with Crippen molar-refractivity contribution in [1.29, 1.82) is 0 Å². The number of amides is 1. The van der Waals surface area contributed by atoms with Crippen molar-refractivity contribution in [1.82, 2.24) is 15.1 Å². The van der Waals surface area contributed by atoms with Crippen LogP contribution in [0.5, 0.6) is 0 Å². The van der Waals surface area contributed by atoms with Crippen LogP contribution in [0.25, 0.3) is 0 Å². The Morgan fingerprint density at radius 3 is 2.83 bits per heavy atom. The van der Waals surface area contributed by atoms with Crippen LogP contribution in [-0.4, -0.2) is 27.5 Å². The molecule has 0 saturated carbocycles. The number of aromatic nitrogens is 2. The average Bonchev–Trinajstić information content (AvgIpc) is 2.91. The number of anilines is 1. The zero-order valence-electron chi connectivity index (χ0n) is 10.3. The molecule has 2 aromatic rings. The Hall–Kier alpha value is -2.30. The summed E-state index contributed by atoms with van der Waals surface area (Å²) in [5, 5.41) is 6.43. The molecule has 0 aliphatic carbocycles. The third-order valence-electron chi connectivity index (χ3n) is 2.83. The van der Waals surface area contributed by atoms with E-state index in [1.807, 2.05) is 31.2 Å². The van der Waals surface area contributed by atoms with Crippen LogP contribution in [0, 0.1) is 0 Å². The van der Waals surface area contributed by atoms with Crippen LogP contribution in [-0.2, 0) is 6.54 Å². The van der Waals surface area contributed by atoms with Gasteiger partial charge in [0, 0.05) is 25.0 Å². The van der Waals surface area contributed by atoms with Crippen molar-refractivity contribution in [3.63, 3.8) is 0 Å². The van der Waals surface area contributed by atoms with Gasteiger partial charge >= 0.3 is 0 Å². The summed E-state index contributed by atoms with van der Waals surface area (Å²) in [6, 6.07) is 7.57. The number of nitrogens with two attached hydrogens (primary N) is 1. The number of hydrogen-bond acceptors (Lipinski definition) is 3. The van der Waals surface area contributed by atoms with Crippen molar-refractivity contribution in [3.8, 4) is 0 Å². The van der Waals surface area contributed by atoms with E-state index in [0.717, 1.165) is 5.56 Å². The minimum atomic E-state index is -0.0468. The number of aromatic amines is 1. The molecule has 0 atom stereocenters. The van der Waals surface area contributed by atoms with E-state index in [0.29, 0.717) is 24.3 Å². The maximum atomic E-state index is 12.2. The third kappa shape index (κ3) is 2.51. The fourth-order valence-corrected chi connectivity index (χ4v) is 1.76. The van der Waals surface area contributed by atoms with E-state index in [2.05, 4.69) is 10.2 Å². The van der Waals surface area contributed by atoms with E-state index in [1.165, 1.54) is 6.20 Å². The Labute approximate surface area is 106 Å². The summed E-state index contributed by atoms with van der Waals surface area (Å²) in [7, 11) is 0. The van der Waals surface area contributed by atoms with Crippen molar-refractivity contribution < 1.29 is 4.79 Å². The Bertz CT molecular complexity index is 522. The number of nitrogens with one attached hydrogen (secondary N) is 1. The lowest BCUT2D eigenvalue weighted by atomic mass is 10.1. The molecule has 1 heterocycles. The van der Waals surface area contributed by atoms with Crippen molar-refractivity contribution in [2.75, 3.05) is 12.3 Å². The van der Waals surface area contributed by atoms with Crippen LogP contribution < -0.4 is 5.73 Å². The number of para-hydroxylation sites is 1. The Balaban J connectivity index is 2.15. The van der Waals surface area contributed by atoms with E-state index >= 15 is 0 Å². The molecule has 3 N–H and O–H groups in total. The zero-order valence-corrected chi connectivity index (χ0v) is 10.3. The molecular formula is C13H16N4O. The molecule has 0 spiro atoms. The predicted octanol–water partition coefficient (Wildman–Crippen LogP) is 1.65. The maximum Gasteiger partial charge on any atom is 0.257 e. The van der Waals surface area contributed by atoms with Gasteiger partial charge in [-0.3, -0.25) is 9.89 Å². The van der Waals surface area contributed by atoms with Crippen molar-refractivity contribution in [2.45, 2.75) is 13.5 Å². The number of H-pyrrole nitrogens is 1. The Kier molecular flexibility index (Phi) is 3.62. The number of nitrogen functional groups attached to an aromatic ring is 1. The van der Waals surface area contributed by atoms with Gasteiger partial charge in [0.1, 0.15) is 0 Å². The number of carbonyl (C=O) groups excluding carboxylic acids is 1. The molecule has 0 fully saturated rings. The minimum Gasteiger partial charge on any atom is -0.398 e. The van der Waals surface area contributed by atoms with Crippen molar-refractivity contribution in [3.05, 3.63) is 47.8 Å². The van der Waals surface area contributed by atoms with E-state index in [-0.39, 0.29) is 5.91 Å². The second kappa shape index (κ2) is 5.35. The Morgan fingerprint density at radius 1 is 1.44 bits per heavy atom. The highest BCUT2D eigenvalue weighted by atomic mass is 16.2. The Morgan fingerprint density at radius 2 is 2.22 bits per heavy atom. The normalized spacial score (nSPS) is 10.3. The monoisotopic (exact) mass is 244 g/mol. The van der Waals surface area contributed by atoms with Crippen molar-refractivity contribution >= 4 is 11.6 Å². The quantitative estimate of drug-likeness (QED) is 0.803. The lowest BCUT2D eigenvalue weighted by molar-refractivity contribution is 0.0753. The summed E-state index contributed by atoms with van der Waals surface area (Å²) in [6.07, 6.45) is 3.12. The van der Waals surface area contributed by atoms with Gasteiger partial charge in [-0.2, -0.15) is 5.10 Å². The van der Waals surface area contributed by atoms with Gasteiger partial charge in [0.05, 0.1) is 11.8 Å². The summed E-state index contributed by atoms with van der Waals surface area (Å²) < 4.78 is 0. The summed E-state index contributed by atoms with van der Waals surface area (Å²) in [6.45, 7) is 3.07. The first-order valence-corrected chi connectivity index (χ1v) is 5.83. The van der Waals surface area contributed by atoms with Gasteiger partial charge < -0.3 is 10.6 Å². The van der Waals surface area contributed by atoms with Gasteiger partial charge in [-0.1, -0.05) is 18.2 Å². The van der Waals surface area contributed by atoms with Gasteiger partial charge in [-0.15, -0.1) is 0 Å². The zero-order chi connectivity index (χ0) is 13.0. The number of rotatable bonds is 4. The molecule has 1 aromatic heterocycles. The first-order chi connectivity index (χ1) is 8.72. The molecule has 18 heavy (non-hydrogen) atoms. The molecule has 0 saturated heterocycles. The van der Waals surface area contributed by atoms with E-state index in [4.69, 9.17) is 5.73 Å². The summed E-state index contributed by atoms with van der Waals surface area (Å²) in [5.41, 5.74) is 8.11. The summed E-state index contributed by atoms with van der Waals surface area (Å²) in [4.78, 5) is 13.9. The van der Waals surface area contributed by atoms with Crippen LogP contribution in [0.2, 0.25) is 0 Å². The second-order valence-corrected chi connectivity index (χ2v) is 4.01. The average molecular weight is 244 g/mol. The van der Waals surface area contributed by atoms with E-state index < -0.39 is 0 Å². The van der Waals surface area contributed by atoms with Crippen LogP contribution in [0.1, 0.15) is 22.8 Å². The molecule has 0 unspecified atom stereocenters. The van der Waals surface area contributed by atoms with Gasteiger partial charge in [0.15, 0.2) is 0 Å². The van der Waals surface area contributed by atoms with E-state index in [9.17, 15) is 4.79 Å². The highest BCUT2D eigenvalue weighted by molar-refractivity contribution is 5.93. The highest BCUT2D eigenvalue weighted by Crippen LogP contribution is 2.14. The first kappa shape index (κ1) is 12.2.